The number of aryl methyl sites for hydroxylation is 2. The largest absolute Gasteiger partial charge is 0.352 e. The summed E-state index contributed by atoms with van der Waals surface area (Å²) in [7, 11) is 2.07. The van der Waals surface area contributed by atoms with Crippen molar-refractivity contribution in [3.05, 3.63) is 11.3 Å². The molecule has 1 aliphatic rings. The van der Waals surface area contributed by atoms with E-state index < -0.39 is 0 Å². The smallest absolute Gasteiger partial charge is 0.131 e. The zero-order chi connectivity index (χ0) is 14.0. The fourth-order valence-electron chi connectivity index (χ4n) is 2.60. The standard InChI is InChI=1S/C14H26N4S/c1-10(2)15-8-13-12(4)16-17(5)14(13)18-6-7-19-9-11(18)3/h10-11,15H,6-9H2,1-5H3. The van der Waals surface area contributed by atoms with Crippen LogP contribution >= 0.6 is 11.8 Å². The summed E-state index contributed by atoms with van der Waals surface area (Å²) in [5.41, 5.74) is 2.51. The first-order chi connectivity index (χ1) is 9.00. The molecule has 2 heterocycles. The van der Waals surface area contributed by atoms with Gasteiger partial charge in [0.2, 0.25) is 0 Å². The van der Waals surface area contributed by atoms with Crippen molar-refractivity contribution in [2.75, 3.05) is 23.0 Å². The van der Waals surface area contributed by atoms with Gasteiger partial charge in [-0.25, -0.2) is 0 Å². The molecule has 0 aromatic carbocycles. The Morgan fingerprint density at radius 2 is 2.21 bits per heavy atom. The second-order valence-corrected chi connectivity index (χ2v) is 6.81. The molecule has 0 radical (unpaired) electrons. The van der Waals surface area contributed by atoms with Gasteiger partial charge in [0.25, 0.3) is 0 Å². The molecule has 1 atom stereocenters. The third-order valence-corrected chi connectivity index (χ3v) is 4.83. The summed E-state index contributed by atoms with van der Waals surface area (Å²) in [6, 6.07) is 1.09. The second-order valence-electron chi connectivity index (χ2n) is 5.66. The molecule has 2 rings (SSSR count). The van der Waals surface area contributed by atoms with Crippen LogP contribution < -0.4 is 10.2 Å². The van der Waals surface area contributed by atoms with E-state index >= 15 is 0 Å². The highest BCUT2D eigenvalue weighted by Gasteiger charge is 2.25. The Balaban J connectivity index is 2.27. The monoisotopic (exact) mass is 282 g/mol. The van der Waals surface area contributed by atoms with Gasteiger partial charge >= 0.3 is 0 Å². The molecule has 0 spiro atoms. The lowest BCUT2D eigenvalue weighted by Crippen LogP contribution is -2.42. The zero-order valence-electron chi connectivity index (χ0n) is 12.7. The summed E-state index contributed by atoms with van der Waals surface area (Å²) < 4.78 is 2.05. The van der Waals surface area contributed by atoms with Gasteiger partial charge < -0.3 is 10.2 Å². The lowest BCUT2D eigenvalue weighted by Gasteiger charge is -2.35. The van der Waals surface area contributed by atoms with Crippen molar-refractivity contribution >= 4 is 17.6 Å². The van der Waals surface area contributed by atoms with Gasteiger partial charge in [0.1, 0.15) is 5.82 Å². The SMILES string of the molecule is Cc1nn(C)c(N2CCSCC2C)c1CNC(C)C. The molecular formula is C14H26N4S. The molecule has 0 saturated carbocycles. The third-order valence-electron chi connectivity index (χ3n) is 3.64. The van der Waals surface area contributed by atoms with Crippen molar-refractivity contribution in [2.45, 2.75) is 46.3 Å². The topological polar surface area (TPSA) is 33.1 Å². The Morgan fingerprint density at radius 1 is 1.47 bits per heavy atom. The molecule has 1 fully saturated rings. The lowest BCUT2D eigenvalue weighted by molar-refractivity contribution is 0.582. The van der Waals surface area contributed by atoms with Crippen LogP contribution in [0.25, 0.3) is 0 Å². The molecule has 1 aliphatic heterocycles. The quantitative estimate of drug-likeness (QED) is 0.917. The van der Waals surface area contributed by atoms with Crippen LogP contribution in [0.1, 0.15) is 32.0 Å². The summed E-state index contributed by atoms with van der Waals surface area (Å²) in [5.74, 6) is 3.73. The van der Waals surface area contributed by atoms with E-state index in [-0.39, 0.29) is 0 Å². The normalized spacial score (nSPS) is 20.3. The maximum Gasteiger partial charge on any atom is 0.131 e. The number of rotatable bonds is 4. The number of aromatic nitrogens is 2. The molecule has 0 aliphatic carbocycles. The molecule has 19 heavy (non-hydrogen) atoms. The molecule has 1 N–H and O–H groups in total. The number of nitrogens with zero attached hydrogens (tertiary/aromatic N) is 3. The predicted octanol–water partition coefficient (Wildman–Crippen LogP) is 2.17. The fraction of sp³-hybridized carbons (Fsp3) is 0.786. The van der Waals surface area contributed by atoms with Crippen LogP contribution in [0.15, 0.2) is 0 Å². The van der Waals surface area contributed by atoms with Crippen molar-refractivity contribution in [2.24, 2.45) is 7.05 Å². The van der Waals surface area contributed by atoms with Crippen LogP contribution in [0.3, 0.4) is 0 Å². The first-order valence-electron chi connectivity index (χ1n) is 7.11. The van der Waals surface area contributed by atoms with Crippen molar-refractivity contribution < 1.29 is 0 Å². The third kappa shape index (κ3) is 3.26. The number of nitrogens with one attached hydrogen (secondary N) is 1. The van der Waals surface area contributed by atoms with E-state index in [1.54, 1.807) is 0 Å². The Labute approximate surface area is 120 Å². The molecule has 4 nitrogen and oxygen atoms in total. The number of hydrogen-bond acceptors (Lipinski definition) is 4. The first kappa shape index (κ1) is 14.7. The number of thioether (sulfide) groups is 1. The summed E-state index contributed by atoms with van der Waals surface area (Å²) in [6.45, 7) is 10.8. The van der Waals surface area contributed by atoms with E-state index in [1.165, 1.54) is 22.9 Å². The molecule has 5 heteroatoms. The van der Waals surface area contributed by atoms with Crippen LogP contribution in [0.5, 0.6) is 0 Å². The number of anilines is 1. The maximum atomic E-state index is 4.63. The average molecular weight is 282 g/mol. The Kier molecular flexibility index (Phi) is 4.79. The van der Waals surface area contributed by atoms with Gasteiger partial charge in [-0.3, -0.25) is 4.68 Å². The van der Waals surface area contributed by atoms with Crippen LogP contribution in [0, 0.1) is 6.92 Å². The van der Waals surface area contributed by atoms with Gasteiger partial charge in [0.15, 0.2) is 0 Å². The maximum absolute atomic E-state index is 4.63. The van der Waals surface area contributed by atoms with Crippen LogP contribution in [0.4, 0.5) is 5.82 Å². The Bertz CT molecular complexity index is 427. The lowest BCUT2D eigenvalue weighted by atomic mass is 10.2. The van der Waals surface area contributed by atoms with Crippen LogP contribution in [0.2, 0.25) is 0 Å². The predicted molar refractivity (Wildman–Crippen MR) is 84.1 cm³/mol. The Morgan fingerprint density at radius 3 is 2.84 bits per heavy atom. The van der Waals surface area contributed by atoms with E-state index in [9.17, 15) is 0 Å². The van der Waals surface area contributed by atoms with Gasteiger partial charge in [-0.15, -0.1) is 0 Å². The highest BCUT2D eigenvalue weighted by molar-refractivity contribution is 7.99. The van der Waals surface area contributed by atoms with E-state index in [2.05, 4.69) is 66.5 Å². The van der Waals surface area contributed by atoms with Crippen molar-refractivity contribution in [3.8, 4) is 0 Å². The summed E-state index contributed by atoms with van der Waals surface area (Å²) in [4.78, 5) is 2.52. The number of hydrogen-bond donors (Lipinski definition) is 1. The first-order valence-corrected chi connectivity index (χ1v) is 8.26. The molecule has 1 aromatic rings. The highest BCUT2D eigenvalue weighted by Crippen LogP contribution is 2.28. The summed E-state index contributed by atoms with van der Waals surface area (Å²) >= 11 is 2.05. The molecule has 1 aromatic heterocycles. The van der Waals surface area contributed by atoms with Crippen LogP contribution in [-0.4, -0.2) is 39.9 Å². The van der Waals surface area contributed by atoms with Gasteiger partial charge in [-0.1, -0.05) is 13.8 Å². The molecule has 1 saturated heterocycles. The fourth-order valence-corrected chi connectivity index (χ4v) is 3.62. The van der Waals surface area contributed by atoms with E-state index in [0.29, 0.717) is 12.1 Å². The minimum absolute atomic E-state index is 0.502. The molecule has 0 bridgehead atoms. The average Bonchev–Trinajstić information content (AvgIpc) is 2.62. The van der Waals surface area contributed by atoms with E-state index in [4.69, 9.17) is 0 Å². The van der Waals surface area contributed by atoms with E-state index in [1.807, 2.05) is 0 Å². The minimum atomic E-state index is 0.502. The molecule has 0 amide bonds. The van der Waals surface area contributed by atoms with E-state index in [0.717, 1.165) is 18.8 Å². The van der Waals surface area contributed by atoms with Crippen molar-refractivity contribution in [1.82, 2.24) is 15.1 Å². The summed E-state index contributed by atoms with van der Waals surface area (Å²) in [6.07, 6.45) is 0. The van der Waals surface area contributed by atoms with Gasteiger partial charge in [-0.05, 0) is 13.8 Å². The van der Waals surface area contributed by atoms with Crippen molar-refractivity contribution in [1.29, 1.82) is 0 Å². The molecular weight excluding hydrogens is 256 g/mol. The zero-order valence-corrected chi connectivity index (χ0v) is 13.5. The Hall–Kier alpha value is -0.680. The molecule has 1 unspecified atom stereocenters. The highest BCUT2D eigenvalue weighted by atomic mass is 32.2. The van der Waals surface area contributed by atoms with Gasteiger partial charge in [-0.2, -0.15) is 16.9 Å². The minimum Gasteiger partial charge on any atom is -0.352 e. The van der Waals surface area contributed by atoms with Crippen LogP contribution in [-0.2, 0) is 13.6 Å². The molecule has 108 valence electrons. The van der Waals surface area contributed by atoms with Crippen molar-refractivity contribution in [3.63, 3.8) is 0 Å². The second kappa shape index (κ2) is 6.18. The van der Waals surface area contributed by atoms with Gasteiger partial charge in [0.05, 0.1) is 5.69 Å². The summed E-state index contributed by atoms with van der Waals surface area (Å²) in [5, 5.41) is 8.15. The van der Waals surface area contributed by atoms with Gasteiger partial charge in [0, 0.05) is 49.3 Å².